The molecule has 0 heterocycles. The number of hydrogen-bond donors (Lipinski definition) is 3. The molecule has 3 amide bonds. The molecule has 30 heavy (non-hydrogen) atoms. The number of amides is 3. The number of rotatable bonds is 8. The van der Waals surface area contributed by atoms with E-state index in [0.29, 0.717) is 11.3 Å². The highest BCUT2D eigenvalue weighted by Gasteiger charge is 2.29. The number of hydrogen-bond acceptors (Lipinski definition) is 4. The lowest BCUT2D eigenvalue weighted by atomic mass is 10.0. The van der Waals surface area contributed by atoms with Gasteiger partial charge in [0.05, 0.1) is 0 Å². The molecule has 0 saturated heterocycles. The van der Waals surface area contributed by atoms with Gasteiger partial charge >= 0.3 is 12.0 Å². The van der Waals surface area contributed by atoms with Crippen molar-refractivity contribution < 1.29 is 23.5 Å². The van der Waals surface area contributed by atoms with Crippen molar-refractivity contribution in [1.82, 2.24) is 10.6 Å². The predicted molar refractivity (Wildman–Crippen MR) is 111 cm³/mol. The number of anilines is 1. The molecule has 0 spiro atoms. The van der Waals surface area contributed by atoms with Gasteiger partial charge in [-0.15, -0.1) is 0 Å². The normalized spacial score (nSPS) is 12.6. The molecule has 0 aromatic heterocycles. The minimum atomic E-state index is -1.06. The van der Waals surface area contributed by atoms with Gasteiger partial charge in [0.15, 0.2) is 6.10 Å². The number of urea groups is 1. The Labute approximate surface area is 175 Å². The van der Waals surface area contributed by atoms with Crippen molar-refractivity contribution in [1.29, 1.82) is 0 Å². The van der Waals surface area contributed by atoms with Crippen LogP contribution in [-0.4, -0.2) is 30.1 Å². The first-order chi connectivity index (χ1) is 14.3. The monoisotopic (exact) mass is 415 g/mol. The Balaban J connectivity index is 1.87. The Morgan fingerprint density at radius 1 is 0.967 bits per heavy atom. The number of carbonyl (C=O) groups excluding carboxylic acids is 3. The smallest absolute Gasteiger partial charge is 0.329 e. The molecular formula is C22H26FN3O4. The summed E-state index contributed by atoms with van der Waals surface area (Å²) in [5.74, 6) is -1.83. The van der Waals surface area contributed by atoms with E-state index in [4.69, 9.17) is 4.74 Å². The summed E-state index contributed by atoms with van der Waals surface area (Å²) in [4.78, 5) is 36.9. The highest BCUT2D eigenvalue weighted by molar-refractivity contribution is 5.93. The topological polar surface area (TPSA) is 96.5 Å². The second kappa shape index (κ2) is 10.9. The van der Waals surface area contributed by atoms with Gasteiger partial charge in [-0.2, -0.15) is 0 Å². The lowest BCUT2D eigenvalue weighted by molar-refractivity contribution is -0.157. The van der Waals surface area contributed by atoms with Crippen LogP contribution < -0.4 is 16.0 Å². The van der Waals surface area contributed by atoms with E-state index in [2.05, 4.69) is 16.0 Å². The zero-order valence-electron chi connectivity index (χ0n) is 17.1. The minimum Gasteiger partial charge on any atom is -0.451 e. The third-order valence-electron chi connectivity index (χ3n) is 4.28. The highest BCUT2D eigenvalue weighted by atomic mass is 19.1. The molecule has 0 fully saturated rings. The minimum absolute atomic E-state index is 0.173. The van der Waals surface area contributed by atoms with E-state index >= 15 is 0 Å². The van der Waals surface area contributed by atoms with Gasteiger partial charge in [-0.25, -0.2) is 14.0 Å². The molecule has 8 heteroatoms. The van der Waals surface area contributed by atoms with Gasteiger partial charge in [-0.3, -0.25) is 4.79 Å². The van der Waals surface area contributed by atoms with Crippen LogP contribution in [0.4, 0.5) is 14.9 Å². The molecular weight excluding hydrogens is 389 g/mol. The molecule has 2 aromatic rings. The molecule has 0 aliphatic rings. The van der Waals surface area contributed by atoms with Gasteiger partial charge in [0.25, 0.3) is 5.91 Å². The van der Waals surface area contributed by atoms with Crippen molar-refractivity contribution in [2.24, 2.45) is 5.92 Å². The Morgan fingerprint density at radius 2 is 1.60 bits per heavy atom. The third-order valence-corrected chi connectivity index (χ3v) is 4.28. The maximum Gasteiger partial charge on any atom is 0.329 e. The van der Waals surface area contributed by atoms with Crippen LogP contribution in [0.2, 0.25) is 0 Å². The zero-order valence-corrected chi connectivity index (χ0v) is 17.1. The number of benzene rings is 2. The Kier molecular flexibility index (Phi) is 8.34. The first-order valence-electron chi connectivity index (χ1n) is 9.61. The van der Waals surface area contributed by atoms with Crippen LogP contribution in [0.3, 0.4) is 0 Å². The van der Waals surface area contributed by atoms with Gasteiger partial charge in [-0.05, 0) is 42.7 Å². The molecule has 3 N–H and O–H groups in total. The molecule has 0 aliphatic heterocycles. The quantitative estimate of drug-likeness (QED) is 0.577. The maximum atomic E-state index is 12.9. The van der Waals surface area contributed by atoms with E-state index in [9.17, 15) is 18.8 Å². The second-order valence-electron chi connectivity index (χ2n) is 7.11. The van der Waals surface area contributed by atoms with Crippen LogP contribution in [0, 0.1) is 11.7 Å². The number of ether oxygens (including phenoxy) is 1. The van der Waals surface area contributed by atoms with E-state index in [1.54, 1.807) is 50.2 Å². The summed E-state index contributed by atoms with van der Waals surface area (Å²) in [6, 6.07) is 13.0. The standard InChI is InChI=1S/C22H26FN3O4/c1-14(2)19(26-22(29)25-18-7-5-4-6-8-18)21(28)30-15(3)20(27)24-13-16-9-11-17(23)12-10-16/h4-12,14-15,19H,13H2,1-3H3,(H,24,27)(H2,25,26,29)/t15-,19-/m1/s1. The summed E-state index contributed by atoms with van der Waals surface area (Å²) in [6.07, 6.45) is -1.06. The molecule has 2 atom stereocenters. The third kappa shape index (κ3) is 7.20. The van der Waals surface area contributed by atoms with Crippen LogP contribution in [-0.2, 0) is 20.9 Å². The van der Waals surface area contributed by atoms with Crippen molar-refractivity contribution in [2.75, 3.05) is 5.32 Å². The fourth-order valence-corrected chi connectivity index (χ4v) is 2.56. The summed E-state index contributed by atoms with van der Waals surface area (Å²) in [6.45, 7) is 5.13. The summed E-state index contributed by atoms with van der Waals surface area (Å²) in [5, 5.41) is 7.84. The number of para-hydroxylation sites is 1. The summed E-state index contributed by atoms with van der Waals surface area (Å²) in [5.41, 5.74) is 1.29. The van der Waals surface area contributed by atoms with Gasteiger partial charge in [0.1, 0.15) is 11.9 Å². The second-order valence-corrected chi connectivity index (χ2v) is 7.11. The van der Waals surface area contributed by atoms with Crippen LogP contribution in [0.25, 0.3) is 0 Å². The van der Waals surface area contributed by atoms with Gasteiger partial charge in [-0.1, -0.05) is 44.2 Å². The number of nitrogens with one attached hydrogen (secondary N) is 3. The van der Waals surface area contributed by atoms with Crippen molar-refractivity contribution in [3.8, 4) is 0 Å². The molecule has 0 unspecified atom stereocenters. The lowest BCUT2D eigenvalue weighted by Gasteiger charge is -2.23. The van der Waals surface area contributed by atoms with Crippen LogP contribution in [0.15, 0.2) is 54.6 Å². The molecule has 7 nitrogen and oxygen atoms in total. The highest BCUT2D eigenvalue weighted by Crippen LogP contribution is 2.09. The van der Waals surface area contributed by atoms with E-state index in [1.807, 2.05) is 6.07 Å². The van der Waals surface area contributed by atoms with Crippen LogP contribution in [0.5, 0.6) is 0 Å². The Hall–Kier alpha value is -3.42. The van der Waals surface area contributed by atoms with E-state index in [1.165, 1.54) is 19.1 Å². The van der Waals surface area contributed by atoms with Crippen molar-refractivity contribution in [3.63, 3.8) is 0 Å². The average molecular weight is 415 g/mol. The van der Waals surface area contributed by atoms with Gasteiger partial charge in [0, 0.05) is 12.2 Å². The molecule has 0 saturated carbocycles. The van der Waals surface area contributed by atoms with Gasteiger partial charge in [0.2, 0.25) is 0 Å². The molecule has 0 radical (unpaired) electrons. The van der Waals surface area contributed by atoms with E-state index in [0.717, 1.165) is 0 Å². The molecule has 0 bridgehead atoms. The van der Waals surface area contributed by atoms with E-state index < -0.39 is 30.1 Å². The van der Waals surface area contributed by atoms with Crippen molar-refractivity contribution in [3.05, 3.63) is 66.0 Å². The van der Waals surface area contributed by atoms with Crippen molar-refractivity contribution >= 4 is 23.6 Å². The number of halogens is 1. The number of carbonyl (C=O) groups is 3. The maximum absolute atomic E-state index is 12.9. The summed E-state index contributed by atoms with van der Waals surface area (Å²) in [7, 11) is 0. The SMILES string of the molecule is CC(C)[C@@H](NC(=O)Nc1ccccc1)C(=O)O[C@H](C)C(=O)NCc1ccc(F)cc1. The average Bonchev–Trinajstić information content (AvgIpc) is 2.71. The fourth-order valence-electron chi connectivity index (χ4n) is 2.56. The largest absolute Gasteiger partial charge is 0.451 e. The van der Waals surface area contributed by atoms with Crippen LogP contribution >= 0.6 is 0 Å². The molecule has 160 valence electrons. The Morgan fingerprint density at radius 3 is 2.20 bits per heavy atom. The zero-order chi connectivity index (χ0) is 22.1. The first-order valence-corrected chi connectivity index (χ1v) is 9.61. The number of esters is 1. The predicted octanol–water partition coefficient (Wildman–Crippen LogP) is 3.22. The molecule has 0 aliphatic carbocycles. The Bertz CT molecular complexity index is 856. The molecule has 2 aromatic carbocycles. The first kappa shape index (κ1) is 22.9. The van der Waals surface area contributed by atoms with E-state index in [-0.39, 0.29) is 18.3 Å². The fraction of sp³-hybridized carbons (Fsp3) is 0.318. The molecule has 2 rings (SSSR count). The van der Waals surface area contributed by atoms with Crippen molar-refractivity contribution in [2.45, 2.75) is 39.5 Å². The lowest BCUT2D eigenvalue weighted by Crippen LogP contribution is -2.49. The van der Waals surface area contributed by atoms with Crippen LogP contribution in [0.1, 0.15) is 26.3 Å². The summed E-state index contributed by atoms with van der Waals surface area (Å²) >= 11 is 0. The summed E-state index contributed by atoms with van der Waals surface area (Å²) < 4.78 is 18.2. The van der Waals surface area contributed by atoms with Gasteiger partial charge < -0.3 is 20.7 Å².